The monoisotopic (exact) mass is 207 g/mol. The van der Waals surface area contributed by atoms with Crippen LogP contribution < -0.4 is 0 Å². The summed E-state index contributed by atoms with van der Waals surface area (Å²) in [7, 11) is 2.09. The Morgan fingerprint density at radius 2 is 2.20 bits per heavy atom. The predicted molar refractivity (Wildman–Crippen MR) is 66.5 cm³/mol. The Morgan fingerprint density at radius 1 is 1.40 bits per heavy atom. The topological polar surface area (TPSA) is 28.0 Å². The van der Waals surface area contributed by atoms with Crippen molar-refractivity contribution in [3.05, 3.63) is 12.7 Å². The lowest BCUT2D eigenvalue weighted by molar-refractivity contribution is 0.539. The normalized spacial score (nSPS) is 16.0. The van der Waals surface area contributed by atoms with Crippen LogP contribution in [0.4, 0.5) is 0 Å². The van der Waals surface area contributed by atoms with Crippen LogP contribution in [0.3, 0.4) is 0 Å². The highest BCUT2D eigenvalue weighted by molar-refractivity contribution is 5.94. The smallest absolute Gasteiger partial charge is 0.127 e. The van der Waals surface area contributed by atoms with Gasteiger partial charge in [-0.05, 0) is 25.7 Å². The molecule has 0 radical (unpaired) electrons. The van der Waals surface area contributed by atoms with Crippen LogP contribution in [-0.2, 0) is 0 Å². The van der Waals surface area contributed by atoms with Crippen LogP contribution in [0.1, 0.15) is 39.0 Å². The summed E-state index contributed by atoms with van der Waals surface area (Å²) in [5.41, 5.74) is 1.17. The first-order chi connectivity index (χ1) is 7.27. The summed E-state index contributed by atoms with van der Waals surface area (Å²) in [6, 6.07) is 0. The third-order valence-corrected chi connectivity index (χ3v) is 2.63. The van der Waals surface area contributed by atoms with E-state index in [0.717, 1.165) is 31.6 Å². The van der Waals surface area contributed by atoms with E-state index < -0.39 is 0 Å². The molecule has 0 bridgehead atoms. The van der Waals surface area contributed by atoms with E-state index >= 15 is 0 Å². The second-order valence-corrected chi connectivity index (χ2v) is 3.93. The molecule has 1 aliphatic heterocycles. The van der Waals surface area contributed by atoms with Crippen molar-refractivity contribution in [2.75, 3.05) is 13.6 Å². The fourth-order valence-corrected chi connectivity index (χ4v) is 1.60. The highest BCUT2D eigenvalue weighted by atomic mass is 15.3. The van der Waals surface area contributed by atoms with Crippen LogP contribution in [0.2, 0.25) is 0 Å². The number of amidine groups is 1. The van der Waals surface area contributed by atoms with E-state index in [1.807, 2.05) is 6.08 Å². The highest BCUT2D eigenvalue weighted by Crippen LogP contribution is 2.08. The van der Waals surface area contributed by atoms with Gasteiger partial charge in [0.15, 0.2) is 0 Å². The molecule has 0 N–H and O–H groups in total. The summed E-state index contributed by atoms with van der Waals surface area (Å²) in [6.07, 6.45) is 7.47. The molecule has 0 saturated carbocycles. The zero-order valence-corrected chi connectivity index (χ0v) is 9.87. The summed E-state index contributed by atoms with van der Waals surface area (Å²) < 4.78 is 0. The standard InChI is InChI=1S/C12H21N3/c1-4-6-7-8-9-12-14-13-11(5-2)10-15(12)3/h4H,1,5-10H2,2-3H3. The Labute approximate surface area is 92.6 Å². The average Bonchev–Trinajstić information content (AvgIpc) is 2.26. The molecule has 0 spiro atoms. The Morgan fingerprint density at radius 3 is 2.80 bits per heavy atom. The predicted octanol–water partition coefficient (Wildman–Crippen LogP) is 2.84. The van der Waals surface area contributed by atoms with Crippen molar-refractivity contribution < 1.29 is 0 Å². The lowest BCUT2D eigenvalue weighted by Crippen LogP contribution is -2.34. The van der Waals surface area contributed by atoms with Crippen molar-refractivity contribution in [3.63, 3.8) is 0 Å². The second-order valence-electron chi connectivity index (χ2n) is 3.93. The lowest BCUT2D eigenvalue weighted by atomic mass is 10.1. The van der Waals surface area contributed by atoms with Gasteiger partial charge in [-0.25, -0.2) is 0 Å². The number of allylic oxidation sites excluding steroid dienone is 1. The minimum absolute atomic E-state index is 0.941. The second kappa shape index (κ2) is 6.38. The molecule has 3 nitrogen and oxygen atoms in total. The average molecular weight is 207 g/mol. The highest BCUT2D eigenvalue weighted by Gasteiger charge is 2.12. The van der Waals surface area contributed by atoms with E-state index in [1.54, 1.807) is 0 Å². The van der Waals surface area contributed by atoms with Crippen molar-refractivity contribution in [2.24, 2.45) is 10.2 Å². The van der Waals surface area contributed by atoms with Gasteiger partial charge < -0.3 is 4.90 Å². The van der Waals surface area contributed by atoms with Crippen molar-refractivity contribution in [1.29, 1.82) is 0 Å². The van der Waals surface area contributed by atoms with Crippen molar-refractivity contribution >= 4 is 11.5 Å². The molecule has 0 amide bonds. The third-order valence-electron chi connectivity index (χ3n) is 2.63. The van der Waals surface area contributed by atoms with Gasteiger partial charge in [-0.3, -0.25) is 0 Å². The fourth-order valence-electron chi connectivity index (χ4n) is 1.60. The zero-order chi connectivity index (χ0) is 11.1. The van der Waals surface area contributed by atoms with Crippen LogP contribution in [0.5, 0.6) is 0 Å². The molecule has 0 fully saturated rings. The molecule has 0 aromatic carbocycles. The number of hydrogen-bond donors (Lipinski definition) is 0. The summed E-state index contributed by atoms with van der Waals surface area (Å²) in [4.78, 5) is 2.21. The van der Waals surface area contributed by atoms with Gasteiger partial charge in [-0.2, -0.15) is 5.10 Å². The van der Waals surface area contributed by atoms with Gasteiger partial charge in [0.1, 0.15) is 5.84 Å². The first-order valence-electron chi connectivity index (χ1n) is 5.72. The molecule has 84 valence electrons. The SMILES string of the molecule is C=CCCCCC1=NN=C(CC)CN1C. The summed E-state index contributed by atoms with van der Waals surface area (Å²) >= 11 is 0. The molecule has 1 rings (SSSR count). The first kappa shape index (κ1) is 12.0. The van der Waals surface area contributed by atoms with Gasteiger partial charge in [-0.15, -0.1) is 11.7 Å². The van der Waals surface area contributed by atoms with Crippen LogP contribution >= 0.6 is 0 Å². The van der Waals surface area contributed by atoms with Crippen LogP contribution in [0.25, 0.3) is 0 Å². The minimum Gasteiger partial charge on any atom is -0.356 e. The maximum absolute atomic E-state index is 4.27. The maximum Gasteiger partial charge on any atom is 0.127 e. The molecule has 0 aromatic heterocycles. The Bertz CT molecular complexity index is 266. The van der Waals surface area contributed by atoms with Gasteiger partial charge in [0.2, 0.25) is 0 Å². The van der Waals surface area contributed by atoms with Gasteiger partial charge in [0.25, 0.3) is 0 Å². The van der Waals surface area contributed by atoms with E-state index in [4.69, 9.17) is 0 Å². The third kappa shape index (κ3) is 3.86. The van der Waals surface area contributed by atoms with E-state index in [-0.39, 0.29) is 0 Å². The Kier molecular flexibility index (Phi) is 5.08. The zero-order valence-electron chi connectivity index (χ0n) is 9.87. The molecule has 3 heteroatoms. The molecule has 1 aliphatic rings. The quantitative estimate of drug-likeness (QED) is 0.486. The maximum atomic E-state index is 4.27. The van der Waals surface area contributed by atoms with E-state index in [1.165, 1.54) is 18.6 Å². The van der Waals surface area contributed by atoms with E-state index in [2.05, 4.69) is 35.7 Å². The fraction of sp³-hybridized carbons (Fsp3) is 0.667. The van der Waals surface area contributed by atoms with Crippen LogP contribution in [0, 0.1) is 0 Å². The number of rotatable bonds is 6. The molecular weight excluding hydrogens is 186 g/mol. The molecule has 15 heavy (non-hydrogen) atoms. The molecular formula is C12H21N3. The van der Waals surface area contributed by atoms with Crippen LogP contribution in [-0.4, -0.2) is 30.0 Å². The van der Waals surface area contributed by atoms with Crippen LogP contribution in [0.15, 0.2) is 22.9 Å². The van der Waals surface area contributed by atoms with Gasteiger partial charge in [-0.1, -0.05) is 13.0 Å². The largest absolute Gasteiger partial charge is 0.356 e. The first-order valence-corrected chi connectivity index (χ1v) is 5.72. The summed E-state index contributed by atoms with van der Waals surface area (Å²) in [6.45, 7) is 6.78. The molecule has 0 aromatic rings. The molecule has 0 aliphatic carbocycles. The molecule has 0 saturated heterocycles. The lowest BCUT2D eigenvalue weighted by Gasteiger charge is -2.24. The van der Waals surface area contributed by atoms with E-state index in [9.17, 15) is 0 Å². The van der Waals surface area contributed by atoms with Gasteiger partial charge in [0.05, 0.1) is 12.3 Å². The Hall–Kier alpha value is -1.12. The van der Waals surface area contributed by atoms with Gasteiger partial charge in [0, 0.05) is 13.5 Å². The van der Waals surface area contributed by atoms with Crippen molar-refractivity contribution in [1.82, 2.24) is 4.90 Å². The molecule has 1 heterocycles. The summed E-state index contributed by atoms with van der Waals surface area (Å²) in [5, 5.41) is 8.49. The number of hydrogen-bond acceptors (Lipinski definition) is 3. The summed E-state index contributed by atoms with van der Waals surface area (Å²) in [5.74, 6) is 1.12. The Balaban J connectivity index is 2.37. The van der Waals surface area contributed by atoms with E-state index in [0.29, 0.717) is 0 Å². The molecule has 0 atom stereocenters. The van der Waals surface area contributed by atoms with Gasteiger partial charge >= 0.3 is 0 Å². The molecule has 0 unspecified atom stereocenters. The number of unbranched alkanes of at least 4 members (excludes halogenated alkanes) is 2. The van der Waals surface area contributed by atoms with Crippen molar-refractivity contribution in [2.45, 2.75) is 39.0 Å². The van der Waals surface area contributed by atoms with Crippen molar-refractivity contribution in [3.8, 4) is 0 Å². The number of nitrogens with zero attached hydrogens (tertiary/aromatic N) is 3. The minimum atomic E-state index is 0.941.